The molecule has 0 saturated heterocycles. The lowest BCUT2D eigenvalue weighted by Gasteiger charge is -2.30. The van der Waals surface area contributed by atoms with Crippen molar-refractivity contribution < 1.29 is 0 Å². The Kier molecular flexibility index (Phi) is 4.47. The predicted molar refractivity (Wildman–Crippen MR) is 73.7 cm³/mol. The largest absolute Gasteiger partial charge is 0.249 e. The number of nitriles is 1. The highest BCUT2D eigenvalue weighted by molar-refractivity contribution is 9.10. The van der Waals surface area contributed by atoms with Gasteiger partial charge in [0.1, 0.15) is 5.03 Å². The first-order valence-electron chi connectivity index (χ1n) is 5.87. The molecule has 0 aliphatic heterocycles. The van der Waals surface area contributed by atoms with Crippen LogP contribution in [0.4, 0.5) is 0 Å². The molecule has 0 aromatic carbocycles. The highest BCUT2D eigenvalue weighted by atomic mass is 79.9. The highest BCUT2D eigenvalue weighted by Gasteiger charge is 2.30. The number of nitrogens with zero attached hydrogens (tertiary/aromatic N) is 2. The van der Waals surface area contributed by atoms with Crippen molar-refractivity contribution in [1.29, 1.82) is 5.26 Å². The fourth-order valence-electron chi connectivity index (χ4n) is 2.21. The van der Waals surface area contributed by atoms with E-state index in [1.54, 1.807) is 18.0 Å². The van der Waals surface area contributed by atoms with Crippen molar-refractivity contribution >= 4 is 27.7 Å². The average Bonchev–Trinajstić information content (AvgIpc) is 2.32. The Morgan fingerprint density at radius 3 is 3.06 bits per heavy atom. The molecule has 0 radical (unpaired) electrons. The Balaban J connectivity index is 2.11. The van der Waals surface area contributed by atoms with E-state index in [9.17, 15) is 5.26 Å². The minimum atomic E-state index is 0.171. The van der Waals surface area contributed by atoms with Gasteiger partial charge in [-0.3, -0.25) is 0 Å². The summed E-state index contributed by atoms with van der Waals surface area (Å²) in [7, 11) is 0. The van der Waals surface area contributed by atoms with Gasteiger partial charge in [0, 0.05) is 15.9 Å². The highest BCUT2D eigenvalue weighted by Crippen LogP contribution is 2.40. The van der Waals surface area contributed by atoms with Gasteiger partial charge in [-0.2, -0.15) is 5.26 Å². The third kappa shape index (κ3) is 3.23. The molecule has 3 atom stereocenters. The topological polar surface area (TPSA) is 36.7 Å². The van der Waals surface area contributed by atoms with Gasteiger partial charge in [0.15, 0.2) is 0 Å². The monoisotopic (exact) mass is 310 g/mol. The van der Waals surface area contributed by atoms with Gasteiger partial charge in [-0.25, -0.2) is 4.98 Å². The van der Waals surface area contributed by atoms with E-state index in [-0.39, 0.29) is 5.92 Å². The fraction of sp³-hybridized carbons (Fsp3) is 0.538. The minimum Gasteiger partial charge on any atom is -0.249 e. The predicted octanol–water partition coefficient (Wildman–Crippen LogP) is 4.26. The molecule has 1 saturated carbocycles. The summed E-state index contributed by atoms with van der Waals surface area (Å²) in [6.07, 6.45) is 5.13. The van der Waals surface area contributed by atoms with Crippen LogP contribution < -0.4 is 0 Å². The molecule has 1 aromatic heterocycles. The summed E-state index contributed by atoms with van der Waals surface area (Å²) in [6.45, 7) is 2.27. The molecule has 0 bridgehead atoms. The van der Waals surface area contributed by atoms with Crippen LogP contribution in [-0.2, 0) is 0 Å². The number of hydrogen-bond donors (Lipinski definition) is 0. The van der Waals surface area contributed by atoms with Crippen LogP contribution in [0.15, 0.2) is 27.8 Å². The maximum absolute atomic E-state index is 9.20. The zero-order valence-electron chi connectivity index (χ0n) is 9.77. The summed E-state index contributed by atoms with van der Waals surface area (Å²) in [6, 6.07) is 6.37. The van der Waals surface area contributed by atoms with E-state index in [1.165, 1.54) is 6.42 Å². The maximum Gasteiger partial charge on any atom is 0.110 e. The third-order valence-electron chi connectivity index (χ3n) is 3.21. The maximum atomic E-state index is 9.20. The lowest BCUT2D eigenvalue weighted by molar-refractivity contribution is 0.345. The molecule has 0 N–H and O–H groups in total. The number of rotatable bonds is 2. The van der Waals surface area contributed by atoms with Crippen molar-refractivity contribution in [2.45, 2.75) is 36.5 Å². The number of pyridine rings is 1. The third-order valence-corrected chi connectivity index (χ3v) is 5.48. The number of halogens is 1. The van der Waals surface area contributed by atoms with Crippen molar-refractivity contribution in [3.05, 3.63) is 22.8 Å². The van der Waals surface area contributed by atoms with Crippen LogP contribution in [0.5, 0.6) is 0 Å². The second-order valence-electron chi connectivity index (χ2n) is 4.60. The molecule has 0 spiro atoms. The van der Waals surface area contributed by atoms with Crippen LogP contribution >= 0.6 is 27.7 Å². The summed E-state index contributed by atoms with van der Waals surface area (Å²) >= 11 is 5.26. The first-order chi connectivity index (χ1) is 8.20. The number of thioether (sulfide) groups is 1. The molecule has 2 rings (SSSR count). The van der Waals surface area contributed by atoms with Crippen LogP contribution in [0, 0.1) is 23.2 Å². The van der Waals surface area contributed by atoms with Crippen LogP contribution in [0.25, 0.3) is 0 Å². The van der Waals surface area contributed by atoms with Crippen LogP contribution in [0.2, 0.25) is 0 Å². The Bertz CT molecular complexity index is 430. The fourth-order valence-corrected chi connectivity index (χ4v) is 4.12. The zero-order valence-corrected chi connectivity index (χ0v) is 12.2. The van der Waals surface area contributed by atoms with Crippen LogP contribution in [-0.4, -0.2) is 10.2 Å². The van der Waals surface area contributed by atoms with E-state index in [0.29, 0.717) is 5.25 Å². The normalized spacial score (nSPS) is 28.6. The Morgan fingerprint density at radius 1 is 1.53 bits per heavy atom. The molecule has 1 heterocycles. The molecular weight excluding hydrogens is 296 g/mol. The lowest BCUT2D eigenvalue weighted by Crippen LogP contribution is -2.25. The van der Waals surface area contributed by atoms with Gasteiger partial charge in [-0.1, -0.05) is 6.92 Å². The van der Waals surface area contributed by atoms with Gasteiger partial charge in [0.2, 0.25) is 0 Å². The first-order valence-corrected chi connectivity index (χ1v) is 7.54. The molecule has 1 aromatic rings. The molecule has 4 heteroatoms. The van der Waals surface area contributed by atoms with E-state index in [0.717, 1.165) is 28.3 Å². The number of aromatic nitrogens is 1. The molecule has 1 aliphatic rings. The first kappa shape index (κ1) is 12.9. The summed E-state index contributed by atoms with van der Waals surface area (Å²) in [5.74, 6) is 0.893. The summed E-state index contributed by atoms with van der Waals surface area (Å²) in [5.41, 5.74) is 0. The molecule has 3 unspecified atom stereocenters. The lowest BCUT2D eigenvalue weighted by atomic mass is 9.83. The van der Waals surface area contributed by atoms with Gasteiger partial charge in [0.05, 0.1) is 12.0 Å². The van der Waals surface area contributed by atoms with E-state index in [2.05, 4.69) is 33.9 Å². The van der Waals surface area contributed by atoms with Crippen LogP contribution in [0.1, 0.15) is 26.2 Å². The number of hydrogen-bond acceptors (Lipinski definition) is 3. The van der Waals surface area contributed by atoms with Gasteiger partial charge in [-0.05, 0) is 53.2 Å². The molecule has 2 nitrogen and oxygen atoms in total. The molecule has 90 valence electrons. The Hall–Kier alpha value is -0.530. The van der Waals surface area contributed by atoms with Crippen molar-refractivity contribution in [3.8, 4) is 6.07 Å². The Morgan fingerprint density at radius 2 is 2.35 bits per heavy atom. The van der Waals surface area contributed by atoms with E-state index in [4.69, 9.17) is 0 Å². The quantitative estimate of drug-likeness (QED) is 0.818. The molecule has 0 amide bonds. The summed E-state index contributed by atoms with van der Waals surface area (Å²) in [4.78, 5) is 4.37. The van der Waals surface area contributed by atoms with Gasteiger partial charge < -0.3 is 0 Å². The van der Waals surface area contributed by atoms with E-state index < -0.39 is 0 Å². The van der Waals surface area contributed by atoms with Crippen molar-refractivity contribution in [1.82, 2.24) is 4.98 Å². The average molecular weight is 311 g/mol. The van der Waals surface area contributed by atoms with Crippen molar-refractivity contribution in [2.24, 2.45) is 11.8 Å². The summed E-state index contributed by atoms with van der Waals surface area (Å²) in [5, 5.41) is 10.6. The van der Waals surface area contributed by atoms with Crippen LogP contribution in [0.3, 0.4) is 0 Å². The van der Waals surface area contributed by atoms with Crippen molar-refractivity contribution in [2.75, 3.05) is 0 Å². The van der Waals surface area contributed by atoms with E-state index >= 15 is 0 Å². The van der Waals surface area contributed by atoms with Crippen molar-refractivity contribution in [3.63, 3.8) is 0 Å². The molecule has 1 aliphatic carbocycles. The second kappa shape index (κ2) is 5.88. The molecular formula is C13H15BrN2S. The second-order valence-corrected chi connectivity index (χ2v) is 6.68. The summed E-state index contributed by atoms with van der Waals surface area (Å²) < 4.78 is 1.03. The molecule has 17 heavy (non-hydrogen) atoms. The SMILES string of the molecule is CC1CCC(C#N)C(Sc2ncccc2Br)C1. The zero-order chi connectivity index (χ0) is 12.3. The van der Waals surface area contributed by atoms with Gasteiger partial charge >= 0.3 is 0 Å². The Labute approximate surface area is 115 Å². The molecule has 1 fully saturated rings. The van der Waals surface area contributed by atoms with Gasteiger partial charge in [-0.15, -0.1) is 11.8 Å². The van der Waals surface area contributed by atoms with E-state index in [1.807, 2.05) is 12.1 Å². The minimum absolute atomic E-state index is 0.171. The smallest absolute Gasteiger partial charge is 0.110 e. The standard InChI is InChI=1S/C13H15BrN2S/c1-9-4-5-10(8-15)12(7-9)17-13-11(14)3-2-6-16-13/h2-3,6,9-10,12H,4-5,7H2,1H3. The van der Waals surface area contributed by atoms with Gasteiger partial charge in [0.25, 0.3) is 0 Å².